The van der Waals surface area contributed by atoms with Crippen molar-refractivity contribution in [3.8, 4) is 0 Å². The molecule has 8 nitrogen and oxygen atoms in total. The van der Waals surface area contributed by atoms with E-state index in [0.29, 0.717) is 21.6 Å². The van der Waals surface area contributed by atoms with Gasteiger partial charge in [-0.05, 0) is 32.0 Å². The molecule has 3 rings (SSSR count). The molecule has 2 amide bonds. The van der Waals surface area contributed by atoms with Crippen molar-refractivity contribution in [1.29, 1.82) is 0 Å². The number of urea groups is 1. The molecule has 0 fully saturated rings. The molecular formula is C17H17ClN4O4. The van der Waals surface area contributed by atoms with Gasteiger partial charge in [-0.15, -0.1) is 0 Å². The van der Waals surface area contributed by atoms with Crippen molar-refractivity contribution in [3.05, 3.63) is 51.2 Å². The standard InChI is InChI=1S/C17H17ClN4O4/c1-3-26-16(24)14-9(2)20-17(25)21-13(14)7-22-8-19-12-6-10(18)4-5-11(12)15(22)23/h4-6,8-9H,3,7H2,1-2H3,(H2,20,21,25). The third-order valence-corrected chi connectivity index (χ3v) is 4.22. The number of halogens is 1. The second kappa shape index (κ2) is 7.17. The zero-order valence-electron chi connectivity index (χ0n) is 14.2. The molecule has 9 heteroatoms. The maximum Gasteiger partial charge on any atom is 0.337 e. The Morgan fingerprint density at radius 3 is 2.88 bits per heavy atom. The number of carbonyl (C=O) groups excluding carboxylic acids is 2. The Hall–Kier alpha value is -2.87. The Bertz CT molecular complexity index is 982. The summed E-state index contributed by atoms with van der Waals surface area (Å²) < 4.78 is 6.39. The quantitative estimate of drug-likeness (QED) is 0.788. The van der Waals surface area contributed by atoms with Crippen LogP contribution in [0.2, 0.25) is 5.02 Å². The molecule has 0 radical (unpaired) electrons. The number of benzene rings is 1. The third kappa shape index (κ3) is 3.41. The van der Waals surface area contributed by atoms with Gasteiger partial charge in [0.15, 0.2) is 0 Å². The predicted octanol–water partition coefficient (Wildman–Crippen LogP) is 1.57. The second-order valence-corrected chi connectivity index (χ2v) is 6.21. The summed E-state index contributed by atoms with van der Waals surface area (Å²) in [5.74, 6) is -0.545. The van der Waals surface area contributed by atoms with Crippen molar-refractivity contribution in [2.24, 2.45) is 0 Å². The molecule has 0 spiro atoms. The van der Waals surface area contributed by atoms with Gasteiger partial charge in [0.05, 0.1) is 47.7 Å². The van der Waals surface area contributed by atoms with Crippen molar-refractivity contribution in [1.82, 2.24) is 20.2 Å². The molecule has 1 atom stereocenters. The number of fused-ring (bicyclic) bond motifs is 1. The van der Waals surface area contributed by atoms with E-state index in [1.165, 1.54) is 10.9 Å². The summed E-state index contributed by atoms with van der Waals surface area (Å²) in [4.78, 5) is 41.0. The van der Waals surface area contributed by atoms with Crippen LogP contribution >= 0.6 is 11.6 Å². The van der Waals surface area contributed by atoms with E-state index < -0.39 is 18.0 Å². The van der Waals surface area contributed by atoms with Crippen LogP contribution < -0.4 is 16.2 Å². The summed E-state index contributed by atoms with van der Waals surface area (Å²) >= 11 is 5.92. The number of carbonyl (C=O) groups is 2. The van der Waals surface area contributed by atoms with Crippen molar-refractivity contribution in [3.63, 3.8) is 0 Å². The van der Waals surface area contributed by atoms with Gasteiger partial charge in [-0.3, -0.25) is 9.36 Å². The molecule has 1 aromatic heterocycles. The number of nitrogens with one attached hydrogen (secondary N) is 2. The minimum absolute atomic E-state index is 0.0176. The SMILES string of the molecule is CCOC(=O)C1=C(Cn2cnc3cc(Cl)ccc3c2=O)NC(=O)NC1C. The topological polar surface area (TPSA) is 102 Å². The molecule has 2 heterocycles. The Morgan fingerprint density at radius 1 is 1.38 bits per heavy atom. The lowest BCUT2D eigenvalue weighted by atomic mass is 10.0. The van der Waals surface area contributed by atoms with E-state index in [0.717, 1.165) is 0 Å². The summed E-state index contributed by atoms with van der Waals surface area (Å²) in [5.41, 5.74) is 0.746. The highest BCUT2D eigenvalue weighted by Gasteiger charge is 2.30. The maximum atomic E-state index is 12.7. The first-order chi connectivity index (χ1) is 12.4. The van der Waals surface area contributed by atoms with Gasteiger partial charge in [0.25, 0.3) is 5.56 Å². The summed E-state index contributed by atoms with van der Waals surface area (Å²) in [7, 11) is 0. The first-order valence-electron chi connectivity index (χ1n) is 8.03. The first-order valence-corrected chi connectivity index (χ1v) is 8.41. The number of hydrogen-bond donors (Lipinski definition) is 2. The highest BCUT2D eigenvalue weighted by molar-refractivity contribution is 6.31. The van der Waals surface area contributed by atoms with Crippen LogP contribution in [0.5, 0.6) is 0 Å². The molecule has 1 aliphatic heterocycles. The molecule has 0 saturated heterocycles. The molecule has 26 heavy (non-hydrogen) atoms. The second-order valence-electron chi connectivity index (χ2n) is 5.77. The number of hydrogen-bond acceptors (Lipinski definition) is 5. The van der Waals surface area contributed by atoms with Crippen molar-refractivity contribution >= 4 is 34.5 Å². The van der Waals surface area contributed by atoms with Crippen LogP contribution in [0, 0.1) is 0 Å². The fraction of sp³-hybridized carbons (Fsp3) is 0.294. The van der Waals surface area contributed by atoms with Gasteiger partial charge in [0, 0.05) is 5.02 Å². The van der Waals surface area contributed by atoms with Crippen LogP contribution in [0.1, 0.15) is 13.8 Å². The highest BCUT2D eigenvalue weighted by atomic mass is 35.5. The largest absolute Gasteiger partial charge is 0.463 e. The van der Waals surface area contributed by atoms with Gasteiger partial charge >= 0.3 is 12.0 Å². The fourth-order valence-electron chi connectivity index (χ4n) is 2.82. The Kier molecular flexibility index (Phi) is 4.94. The first kappa shape index (κ1) is 17.9. The number of esters is 1. The number of aromatic nitrogens is 2. The van der Waals surface area contributed by atoms with Crippen LogP contribution in [-0.4, -0.2) is 34.2 Å². The van der Waals surface area contributed by atoms with Crippen molar-refractivity contribution in [2.45, 2.75) is 26.4 Å². The zero-order valence-corrected chi connectivity index (χ0v) is 15.0. The zero-order chi connectivity index (χ0) is 18.8. The Labute approximate surface area is 153 Å². The van der Waals surface area contributed by atoms with Crippen LogP contribution in [-0.2, 0) is 16.1 Å². The van der Waals surface area contributed by atoms with E-state index in [2.05, 4.69) is 15.6 Å². The predicted molar refractivity (Wildman–Crippen MR) is 95.8 cm³/mol. The number of ether oxygens (including phenoxy) is 1. The van der Waals surface area contributed by atoms with E-state index in [9.17, 15) is 14.4 Å². The normalized spacial score (nSPS) is 17.0. The average molecular weight is 377 g/mol. The number of amides is 2. The number of allylic oxidation sites excluding steroid dienone is 1. The summed E-state index contributed by atoms with van der Waals surface area (Å²) in [6, 6.07) is 3.80. The molecule has 0 saturated carbocycles. The lowest BCUT2D eigenvalue weighted by Crippen LogP contribution is -2.50. The Balaban J connectivity index is 2.05. The molecule has 1 aromatic carbocycles. The van der Waals surface area contributed by atoms with E-state index in [4.69, 9.17) is 16.3 Å². The highest BCUT2D eigenvalue weighted by Crippen LogP contribution is 2.17. The molecule has 1 aliphatic rings. The molecule has 0 bridgehead atoms. The summed E-state index contributed by atoms with van der Waals surface area (Å²) in [6.45, 7) is 3.56. The monoisotopic (exact) mass is 376 g/mol. The smallest absolute Gasteiger partial charge is 0.337 e. The molecule has 136 valence electrons. The van der Waals surface area contributed by atoms with Gasteiger partial charge in [-0.25, -0.2) is 14.6 Å². The van der Waals surface area contributed by atoms with E-state index in [1.54, 1.807) is 32.0 Å². The summed E-state index contributed by atoms with van der Waals surface area (Å²) in [5, 5.41) is 6.07. The molecule has 2 aromatic rings. The molecule has 2 N–H and O–H groups in total. The van der Waals surface area contributed by atoms with Crippen molar-refractivity contribution in [2.75, 3.05) is 6.61 Å². The lowest BCUT2D eigenvalue weighted by Gasteiger charge is -2.26. The van der Waals surface area contributed by atoms with Gasteiger partial charge < -0.3 is 15.4 Å². The molecular weight excluding hydrogens is 360 g/mol. The number of nitrogens with zero attached hydrogens (tertiary/aromatic N) is 2. The minimum atomic E-state index is -0.545. The molecule has 0 aliphatic carbocycles. The van der Waals surface area contributed by atoms with E-state index in [1.807, 2.05) is 0 Å². The van der Waals surface area contributed by atoms with Gasteiger partial charge in [0.1, 0.15) is 0 Å². The average Bonchev–Trinajstić information content (AvgIpc) is 2.57. The number of rotatable bonds is 4. The molecule has 1 unspecified atom stereocenters. The lowest BCUT2D eigenvalue weighted by molar-refractivity contribution is -0.139. The van der Waals surface area contributed by atoms with E-state index in [-0.39, 0.29) is 24.3 Å². The van der Waals surface area contributed by atoms with Crippen LogP contribution in [0.25, 0.3) is 10.9 Å². The fourth-order valence-corrected chi connectivity index (χ4v) is 2.98. The van der Waals surface area contributed by atoms with Gasteiger partial charge in [-0.2, -0.15) is 0 Å². The van der Waals surface area contributed by atoms with Gasteiger partial charge in [0.2, 0.25) is 0 Å². The third-order valence-electron chi connectivity index (χ3n) is 3.98. The van der Waals surface area contributed by atoms with Crippen LogP contribution in [0.15, 0.2) is 40.6 Å². The maximum absolute atomic E-state index is 12.7. The van der Waals surface area contributed by atoms with Crippen molar-refractivity contribution < 1.29 is 14.3 Å². The van der Waals surface area contributed by atoms with E-state index >= 15 is 0 Å². The minimum Gasteiger partial charge on any atom is -0.463 e. The van der Waals surface area contributed by atoms with Crippen LogP contribution in [0.4, 0.5) is 4.79 Å². The summed E-state index contributed by atoms with van der Waals surface area (Å²) in [6.07, 6.45) is 1.36. The Morgan fingerprint density at radius 2 is 2.15 bits per heavy atom. The van der Waals surface area contributed by atoms with Crippen LogP contribution in [0.3, 0.4) is 0 Å². The van der Waals surface area contributed by atoms with Gasteiger partial charge in [-0.1, -0.05) is 11.6 Å².